The van der Waals surface area contributed by atoms with Gasteiger partial charge in [0.1, 0.15) is 5.75 Å². The van der Waals surface area contributed by atoms with Crippen LogP contribution in [0.3, 0.4) is 0 Å². The highest BCUT2D eigenvalue weighted by atomic mass is 16.5. The van der Waals surface area contributed by atoms with Crippen molar-refractivity contribution in [2.24, 2.45) is 7.05 Å². The number of nitrogen functional groups attached to an aromatic ring is 1. The lowest BCUT2D eigenvalue weighted by atomic mass is 10.2. The number of aromatic nitrogens is 2. The molecule has 0 unspecified atom stereocenters. The molecule has 0 amide bonds. The SMILES string of the molecule is COc1cc(Nc2cnn(C)c2)ccc1N. The molecule has 5 nitrogen and oxygen atoms in total. The van der Waals surface area contributed by atoms with Crippen molar-refractivity contribution in [3.05, 3.63) is 30.6 Å². The fourth-order valence-electron chi connectivity index (χ4n) is 1.44. The lowest BCUT2D eigenvalue weighted by molar-refractivity contribution is 0.417. The maximum atomic E-state index is 5.73. The molecule has 0 saturated carbocycles. The number of benzene rings is 1. The van der Waals surface area contributed by atoms with E-state index in [-0.39, 0.29) is 0 Å². The number of hydrogen-bond donors (Lipinski definition) is 2. The third-order valence-electron chi connectivity index (χ3n) is 2.23. The second-order valence-electron chi connectivity index (χ2n) is 3.48. The Hall–Kier alpha value is -2.17. The second-order valence-corrected chi connectivity index (χ2v) is 3.48. The van der Waals surface area contributed by atoms with Gasteiger partial charge < -0.3 is 15.8 Å². The molecule has 0 aliphatic carbocycles. The Balaban J connectivity index is 2.21. The summed E-state index contributed by atoms with van der Waals surface area (Å²) in [5, 5.41) is 7.28. The van der Waals surface area contributed by atoms with Crippen molar-refractivity contribution >= 4 is 17.1 Å². The highest BCUT2D eigenvalue weighted by molar-refractivity contribution is 5.66. The van der Waals surface area contributed by atoms with Gasteiger partial charge in [0, 0.05) is 25.0 Å². The van der Waals surface area contributed by atoms with Gasteiger partial charge in [0.25, 0.3) is 0 Å². The van der Waals surface area contributed by atoms with Gasteiger partial charge in [-0.25, -0.2) is 0 Å². The Morgan fingerprint density at radius 1 is 1.38 bits per heavy atom. The first-order valence-electron chi connectivity index (χ1n) is 4.88. The minimum atomic E-state index is 0.624. The zero-order valence-electron chi connectivity index (χ0n) is 9.27. The first-order chi connectivity index (χ1) is 7.69. The van der Waals surface area contributed by atoms with E-state index in [4.69, 9.17) is 10.5 Å². The molecule has 0 saturated heterocycles. The van der Waals surface area contributed by atoms with Crippen molar-refractivity contribution < 1.29 is 4.74 Å². The molecule has 0 spiro atoms. The van der Waals surface area contributed by atoms with Gasteiger partial charge in [-0.15, -0.1) is 0 Å². The first kappa shape index (κ1) is 10.4. The highest BCUT2D eigenvalue weighted by Crippen LogP contribution is 2.26. The Labute approximate surface area is 93.8 Å². The van der Waals surface area contributed by atoms with Crippen LogP contribution in [0.15, 0.2) is 30.6 Å². The molecule has 3 N–H and O–H groups in total. The molecule has 1 aromatic carbocycles. The van der Waals surface area contributed by atoms with E-state index in [1.807, 2.05) is 25.4 Å². The maximum Gasteiger partial charge on any atom is 0.143 e. The average Bonchev–Trinajstić information content (AvgIpc) is 2.67. The molecular formula is C11H14N4O. The Kier molecular flexibility index (Phi) is 2.68. The van der Waals surface area contributed by atoms with Crippen LogP contribution in [0.2, 0.25) is 0 Å². The Bertz CT molecular complexity index is 492. The van der Waals surface area contributed by atoms with Crippen LogP contribution in [-0.4, -0.2) is 16.9 Å². The van der Waals surface area contributed by atoms with Crippen LogP contribution in [0.4, 0.5) is 17.1 Å². The fourth-order valence-corrected chi connectivity index (χ4v) is 1.44. The summed E-state index contributed by atoms with van der Waals surface area (Å²) in [5.74, 6) is 0.661. The molecule has 2 rings (SSSR count). The van der Waals surface area contributed by atoms with E-state index in [2.05, 4.69) is 10.4 Å². The molecular weight excluding hydrogens is 204 g/mol. The van der Waals surface area contributed by atoms with E-state index in [0.717, 1.165) is 11.4 Å². The molecule has 1 aromatic heterocycles. The van der Waals surface area contributed by atoms with Crippen molar-refractivity contribution in [2.45, 2.75) is 0 Å². The molecule has 0 atom stereocenters. The highest BCUT2D eigenvalue weighted by Gasteiger charge is 2.02. The summed E-state index contributed by atoms with van der Waals surface area (Å²) in [6, 6.07) is 5.55. The van der Waals surface area contributed by atoms with Gasteiger partial charge in [0.05, 0.1) is 24.7 Å². The lowest BCUT2D eigenvalue weighted by Crippen LogP contribution is -1.94. The summed E-state index contributed by atoms with van der Waals surface area (Å²) >= 11 is 0. The fraction of sp³-hybridized carbons (Fsp3) is 0.182. The molecule has 0 fully saturated rings. The summed E-state index contributed by atoms with van der Waals surface area (Å²) in [6.45, 7) is 0. The summed E-state index contributed by atoms with van der Waals surface area (Å²) in [7, 11) is 3.47. The number of methoxy groups -OCH3 is 1. The summed E-state index contributed by atoms with van der Waals surface area (Å²) < 4.78 is 6.88. The number of aryl methyl sites for hydroxylation is 1. The molecule has 0 aliphatic rings. The quantitative estimate of drug-likeness (QED) is 0.770. The van der Waals surface area contributed by atoms with E-state index in [1.165, 1.54) is 0 Å². The molecule has 84 valence electrons. The standard InChI is InChI=1S/C11H14N4O/c1-15-7-9(6-13-15)14-8-3-4-10(12)11(5-8)16-2/h3-7,14H,12H2,1-2H3. The van der Waals surface area contributed by atoms with Gasteiger partial charge in [-0.05, 0) is 12.1 Å². The first-order valence-corrected chi connectivity index (χ1v) is 4.88. The number of rotatable bonds is 3. The van der Waals surface area contributed by atoms with Crippen molar-refractivity contribution in [3.63, 3.8) is 0 Å². The molecule has 1 heterocycles. The van der Waals surface area contributed by atoms with Gasteiger partial charge >= 0.3 is 0 Å². The number of nitrogens with zero attached hydrogens (tertiary/aromatic N) is 2. The average molecular weight is 218 g/mol. The minimum absolute atomic E-state index is 0.624. The summed E-state index contributed by atoms with van der Waals surface area (Å²) in [5.41, 5.74) is 8.19. The van der Waals surface area contributed by atoms with E-state index in [9.17, 15) is 0 Å². The summed E-state index contributed by atoms with van der Waals surface area (Å²) in [4.78, 5) is 0. The van der Waals surface area contributed by atoms with Crippen molar-refractivity contribution in [1.82, 2.24) is 9.78 Å². The Morgan fingerprint density at radius 3 is 2.81 bits per heavy atom. The topological polar surface area (TPSA) is 65.1 Å². The number of nitrogens with one attached hydrogen (secondary N) is 1. The van der Waals surface area contributed by atoms with Crippen molar-refractivity contribution in [1.29, 1.82) is 0 Å². The van der Waals surface area contributed by atoms with Crippen LogP contribution in [-0.2, 0) is 7.05 Å². The predicted molar refractivity (Wildman–Crippen MR) is 63.9 cm³/mol. The maximum absolute atomic E-state index is 5.73. The monoisotopic (exact) mass is 218 g/mol. The largest absolute Gasteiger partial charge is 0.495 e. The smallest absolute Gasteiger partial charge is 0.143 e. The van der Waals surface area contributed by atoms with Crippen LogP contribution >= 0.6 is 0 Å². The van der Waals surface area contributed by atoms with Gasteiger partial charge in [-0.2, -0.15) is 5.10 Å². The van der Waals surface area contributed by atoms with Crippen LogP contribution in [0.1, 0.15) is 0 Å². The third kappa shape index (κ3) is 2.08. The number of hydrogen-bond acceptors (Lipinski definition) is 4. The van der Waals surface area contributed by atoms with Crippen LogP contribution < -0.4 is 15.8 Å². The molecule has 0 bridgehead atoms. The van der Waals surface area contributed by atoms with E-state index >= 15 is 0 Å². The normalized spacial score (nSPS) is 10.1. The Morgan fingerprint density at radius 2 is 2.19 bits per heavy atom. The molecule has 0 radical (unpaired) electrons. The van der Waals surface area contributed by atoms with E-state index in [0.29, 0.717) is 11.4 Å². The predicted octanol–water partition coefficient (Wildman–Crippen LogP) is 1.75. The molecule has 2 aromatic rings. The second kappa shape index (κ2) is 4.14. The molecule has 0 aliphatic heterocycles. The van der Waals surface area contributed by atoms with Crippen LogP contribution in [0.5, 0.6) is 5.75 Å². The van der Waals surface area contributed by atoms with Gasteiger partial charge in [0.15, 0.2) is 0 Å². The van der Waals surface area contributed by atoms with Crippen molar-refractivity contribution in [2.75, 3.05) is 18.2 Å². The van der Waals surface area contributed by atoms with E-state index in [1.54, 1.807) is 24.1 Å². The molecule has 5 heteroatoms. The zero-order valence-corrected chi connectivity index (χ0v) is 9.27. The van der Waals surface area contributed by atoms with Crippen LogP contribution in [0, 0.1) is 0 Å². The van der Waals surface area contributed by atoms with Gasteiger partial charge in [-0.3, -0.25) is 4.68 Å². The number of ether oxygens (including phenoxy) is 1. The van der Waals surface area contributed by atoms with Gasteiger partial charge in [-0.1, -0.05) is 0 Å². The third-order valence-corrected chi connectivity index (χ3v) is 2.23. The number of anilines is 3. The lowest BCUT2D eigenvalue weighted by Gasteiger charge is -2.08. The summed E-state index contributed by atoms with van der Waals surface area (Å²) in [6.07, 6.45) is 3.64. The van der Waals surface area contributed by atoms with Gasteiger partial charge in [0.2, 0.25) is 0 Å². The number of nitrogens with two attached hydrogens (primary N) is 1. The zero-order chi connectivity index (χ0) is 11.5. The molecule has 16 heavy (non-hydrogen) atoms. The van der Waals surface area contributed by atoms with Crippen molar-refractivity contribution in [3.8, 4) is 5.75 Å². The van der Waals surface area contributed by atoms with E-state index < -0.39 is 0 Å². The van der Waals surface area contributed by atoms with Crippen LogP contribution in [0.25, 0.3) is 0 Å². The minimum Gasteiger partial charge on any atom is -0.495 e.